The van der Waals surface area contributed by atoms with E-state index in [9.17, 15) is 4.79 Å². The fourth-order valence-electron chi connectivity index (χ4n) is 2.36. The second-order valence-electron chi connectivity index (χ2n) is 5.00. The molecule has 2 aromatic heterocycles. The molecule has 3 N–H and O–H groups in total. The molecule has 0 aliphatic carbocycles. The molecule has 2 heterocycles. The zero-order chi connectivity index (χ0) is 16.1. The maximum atomic E-state index is 11.9. The van der Waals surface area contributed by atoms with Crippen LogP contribution in [0.3, 0.4) is 0 Å². The number of rotatable bonds is 5. The third kappa shape index (κ3) is 3.35. The van der Waals surface area contributed by atoms with Gasteiger partial charge in [0.1, 0.15) is 5.82 Å². The lowest BCUT2D eigenvalue weighted by molar-refractivity contribution is 0.100. The van der Waals surface area contributed by atoms with Crippen molar-refractivity contribution in [3.63, 3.8) is 0 Å². The summed E-state index contributed by atoms with van der Waals surface area (Å²) in [5.74, 6) is -0.0705. The highest BCUT2D eigenvalue weighted by Crippen LogP contribution is 2.26. The molecule has 1 amide bonds. The maximum absolute atomic E-state index is 11.9. The number of nitrogens with zero attached hydrogens (tertiary/aromatic N) is 2. The minimum atomic E-state index is -0.533. The molecule has 5 nitrogen and oxygen atoms in total. The van der Waals surface area contributed by atoms with Crippen LogP contribution in [0.1, 0.15) is 15.9 Å². The van der Waals surface area contributed by atoms with Crippen LogP contribution in [0.15, 0.2) is 67.0 Å². The van der Waals surface area contributed by atoms with Gasteiger partial charge in [0.05, 0.1) is 11.3 Å². The molecule has 0 bridgehead atoms. The highest BCUT2D eigenvalue weighted by atomic mass is 16.1. The van der Waals surface area contributed by atoms with E-state index in [4.69, 9.17) is 5.73 Å². The molecule has 3 rings (SSSR count). The van der Waals surface area contributed by atoms with Crippen LogP contribution < -0.4 is 11.1 Å². The largest absolute Gasteiger partial charge is 0.365 e. The molecule has 0 aliphatic rings. The number of amides is 1. The molecule has 0 aliphatic heterocycles. The summed E-state index contributed by atoms with van der Waals surface area (Å²) in [4.78, 5) is 20.5. The van der Waals surface area contributed by atoms with E-state index in [1.165, 1.54) is 0 Å². The quantitative estimate of drug-likeness (QED) is 0.759. The highest BCUT2D eigenvalue weighted by molar-refractivity contribution is 6.03. The van der Waals surface area contributed by atoms with Crippen molar-refractivity contribution < 1.29 is 4.79 Å². The number of primary amides is 1. The van der Waals surface area contributed by atoms with E-state index in [1.807, 2.05) is 48.5 Å². The second-order valence-corrected chi connectivity index (χ2v) is 5.00. The number of nitrogens with one attached hydrogen (secondary N) is 1. The number of pyridine rings is 2. The molecule has 0 atom stereocenters. The first kappa shape index (κ1) is 14.7. The molecule has 0 unspecified atom stereocenters. The Bertz CT molecular complexity index is 804. The number of hydrogen-bond donors (Lipinski definition) is 2. The molecular weight excluding hydrogens is 288 g/mol. The lowest BCUT2D eigenvalue weighted by Gasteiger charge is -2.12. The predicted molar refractivity (Wildman–Crippen MR) is 89.8 cm³/mol. The number of aromatic nitrogens is 2. The summed E-state index contributed by atoms with van der Waals surface area (Å²) in [5.41, 5.74) is 8.37. The van der Waals surface area contributed by atoms with Crippen molar-refractivity contribution in [2.75, 3.05) is 5.32 Å². The Labute approximate surface area is 134 Å². The Morgan fingerprint density at radius 1 is 0.957 bits per heavy atom. The third-order valence-corrected chi connectivity index (χ3v) is 3.44. The van der Waals surface area contributed by atoms with E-state index < -0.39 is 5.91 Å². The number of nitrogens with two attached hydrogens (primary N) is 1. The van der Waals surface area contributed by atoms with Crippen molar-refractivity contribution in [1.29, 1.82) is 0 Å². The van der Waals surface area contributed by atoms with Crippen LogP contribution in [-0.2, 0) is 6.54 Å². The zero-order valence-electron chi connectivity index (χ0n) is 12.4. The average Bonchev–Trinajstić information content (AvgIpc) is 2.61. The van der Waals surface area contributed by atoms with Gasteiger partial charge in [0.2, 0.25) is 0 Å². The number of carbonyl (C=O) groups excluding carboxylic acids is 1. The molecule has 0 fully saturated rings. The highest BCUT2D eigenvalue weighted by Gasteiger charge is 2.17. The van der Waals surface area contributed by atoms with Crippen molar-refractivity contribution >= 4 is 11.7 Å². The van der Waals surface area contributed by atoms with Gasteiger partial charge in [-0.05, 0) is 23.8 Å². The van der Waals surface area contributed by atoms with Gasteiger partial charge in [-0.25, -0.2) is 4.98 Å². The summed E-state index contributed by atoms with van der Waals surface area (Å²) in [6.07, 6.45) is 3.32. The van der Waals surface area contributed by atoms with Crippen molar-refractivity contribution in [3.05, 3.63) is 78.1 Å². The standard InChI is InChI=1S/C18H16N4O/c19-17(23)16-14(15-8-4-5-10-20-15)9-11-21-18(16)22-12-13-6-2-1-3-7-13/h1-11H,12H2,(H2,19,23)(H,21,22). The molecule has 0 radical (unpaired) electrons. The van der Waals surface area contributed by atoms with Gasteiger partial charge in [-0.15, -0.1) is 0 Å². The summed E-state index contributed by atoms with van der Waals surface area (Å²) in [5, 5.41) is 3.18. The van der Waals surface area contributed by atoms with Crippen molar-refractivity contribution in [2.45, 2.75) is 6.54 Å². The van der Waals surface area contributed by atoms with Gasteiger partial charge in [-0.3, -0.25) is 9.78 Å². The van der Waals surface area contributed by atoms with Gasteiger partial charge in [-0.2, -0.15) is 0 Å². The summed E-state index contributed by atoms with van der Waals surface area (Å²) >= 11 is 0. The molecule has 23 heavy (non-hydrogen) atoms. The maximum Gasteiger partial charge on any atom is 0.253 e. The van der Waals surface area contributed by atoms with E-state index >= 15 is 0 Å². The van der Waals surface area contributed by atoms with Crippen molar-refractivity contribution in [2.24, 2.45) is 5.73 Å². The number of hydrogen-bond acceptors (Lipinski definition) is 4. The fourth-order valence-corrected chi connectivity index (χ4v) is 2.36. The Balaban J connectivity index is 1.96. The van der Waals surface area contributed by atoms with Crippen molar-refractivity contribution in [1.82, 2.24) is 9.97 Å². The summed E-state index contributed by atoms with van der Waals surface area (Å²) in [6.45, 7) is 0.555. The Morgan fingerprint density at radius 3 is 2.43 bits per heavy atom. The van der Waals surface area contributed by atoms with E-state index in [0.717, 1.165) is 5.56 Å². The summed E-state index contributed by atoms with van der Waals surface area (Å²) < 4.78 is 0. The van der Waals surface area contributed by atoms with Crippen LogP contribution in [0.25, 0.3) is 11.3 Å². The Kier molecular flexibility index (Phi) is 4.29. The van der Waals surface area contributed by atoms with E-state index in [-0.39, 0.29) is 0 Å². The Morgan fingerprint density at radius 2 is 1.74 bits per heavy atom. The SMILES string of the molecule is NC(=O)c1c(-c2ccccn2)ccnc1NCc1ccccc1. The van der Waals surface area contributed by atoms with E-state index in [0.29, 0.717) is 29.2 Å². The number of anilines is 1. The van der Waals surface area contributed by atoms with Crippen LogP contribution in [0.2, 0.25) is 0 Å². The van der Waals surface area contributed by atoms with Gasteiger partial charge < -0.3 is 11.1 Å². The fraction of sp³-hybridized carbons (Fsp3) is 0.0556. The average molecular weight is 304 g/mol. The van der Waals surface area contributed by atoms with E-state index in [1.54, 1.807) is 18.5 Å². The van der Waals surface area contributed by atoms with Gasteiger partial charge in [-0.1, -0.05) is 36.4 Å². The second kappa shape index (κ2) is 6.70. The molecule has 3 aromatic rings. The van der Waals surface area contributed by atoms with Crippen LogP contribution >= 0.6 is 0 Å². The smallest absolute Gasteiger partial charge is 0.253 e. The van der Waals surface area contributed by atoms with Gasteiger partial charge in [0.15, 0.2) is 0 Å². The predicted octanol–water partition coefficient (Wildman–Crippen LogP) is 2.85. The molecule has 114 valence electrons. The van der Waals surface area contributed by atoms with Crippen LogP contribution in [0.4, 0.5) is 5.82 Å². The number of benzene rings is 1. The molecule has 5 heteroatoms. The molecular formula is C18H16N4O. The topological polar surface area (TPSA) is 80.9 Å². The first-order valence-electron chi connectivity index (χ1n) is 7.23. The minimum absolute atomic E-state index is 0.349. The molecule has 1 aromatic carbocycles. The first-order valence-corrected chi connectivity index (χ1v) is 7.23. The number of carbonyl (C=O) groups is 1. The van der Waals surface area contributed by atoms with E-state index in [2.05, 4.69) is 15.3 Å². The minimum Gasteiger partial charge on any atom is -0.365 e. The summed E-state index contributed by atoms with van der Waals surface area (Å²) in [6, 6.07) is 17.2. The normalized spacial score (nSPS) is 10.3. The van der Waals surface area contributed by atoms with Crippen LogP contribution in [0.5, 0.6) is 0 Å². The van der Waals surface area contributed by atoms with Crippen LogP contribution in [-0.4, -0.2) is 15.9 Å². The summed E-state index contributed by atoms with van der Waals surface area (Å²) in [7, 11) is 0. The lowest BCUT2D eigenvalue weighted by Crippen LogP contribution is -2.17. The zero-order valence-corrected chi connectivity index (χ0v) is 12.4. The molecule has 0 spiro atoms. The van der Waals surface area contributed by atoms with Gasteiger partial charge >= 0.3 is 0 Å². The Hall–Kier alpha value is -3.21. The molecule has 0 saturated heterocycles. The third-order valence-electron chi connectivity index (χ3n) is 3.44. The van der Waals surface area contributed by atoms with Crippen LogP contribution in [0, 0.1) is 0 Å². The van der Waals surface area contributed by atoms with Crippen molar-refractivity contribution in [3.8, 4) is 11.3 Å². The van der Waals surface area contributed by atoms with Gasteiger partial charge in [0, 0.05) is 24.5 Å². The first-order chi connectivity index (χ1) is 11.3. The van der Waals surface area contributed by atoms with Gasteiger partial charge in [0.25, 0.3) is 5.91 Å². The monoisotopic (exact) mass is 304 g/mol. The molecule has 0 saturated carbocycles. The lowest BCUT2D eigenvalue weighted by atomic mass is 10.0.